The minimum Gasteiger partial charge on any atom is -0.393 e. The summed E-state index contributed by atoms with van der Waals surface area (Å²) in [5.41, 5.74) is 6.37. The number of hydrogen-bond donors (Lipinski definition) is 1. The number of aliphatic hydroxyl groups excluding tert-OH is 1. The van der Waals surface area contributed by atoms with Crippen molar-refractivity contribution in [3.63, 3.8) is 0 Å². The van der Waals surface area contributed by atoms with E-state index in [9.17, 15) is 9.90 Å². The van der Waals surface area contributed by atoms with Gasteiger partial charge in [0.15, 0.2) is 0 Å². The monoisotopic (exact) mass is 410 g/mol. The summed E-state index contributed by atoms with van der Waals surface area (Å²) in [6, 6.07) is 26.2. The molecule has 4 heteroatoms. The molecule has 0 spiro atoms. The summed E-state index contributed by atoms with van der Waals surface area (Å²) in [7, 11) is 0. The molecule has 0 bridgehead atoms. The zero-order chi connectivity index (χ0) is 21.6. The number of pyridine rings is 2. The van der Waals surface area contributed by atoms with Crippen molar-refractivity contribution in [2.75, 3.05) is 0 Å². The van der Waals surface area contributed by atoms with Crippen molar-refractivity contribution in [1.82, 2.24) is 9.97 Å². The molecule has 0 saturated heterocycles. The van der Waals surface area contributed by atoms with Crippen LogP contribution in [0.3, 0.4) is 0 Å². The Bertz CT molecular complexity index is 1170. The second-order valence-corrected chi connectivity index (χ2v) is 7.77. The third-order valence-corrected chi connectivity index (χ3v) is 5.47. The predicted octanol–water partition coefficient (Wildman–Crippen LogP) is 5.63. The van der Waals surface area contributed by atoms with Crippen molar-refractivity contribution in [2.24, 2.45) is 0 Å². The lowest BCUT2D eigenvalue weighted by Crippen LogP contribution is -2.10. The highest BCUT2D eigenvalue weighted by molar-refractivity contribution is 5.90. The van der Waals surface area contributed by atoms with Crippen LogP contribution in [0.25, 0.3) is 33.4 Å². The molecule has 0 aliphatic heterocycles. The molecule has 4 nitrogen and oxygen atoms in total. The van der Waals surface area contributed by atoms with Crippen molar-refractivity contribution >= 4 is 16.8 Å². The van der Waals surface area contributed by atoms with Gasteiger partial charge in [-0.3, -0.25) is 9.78 Å². The topological polar surface area (TPSA) is 63.1 Å². The number of aliphatic hydroxyl groups is 1. The summed E-state index contributed by atoms with van der Waals surface area (Å²) < 4.78 is 0. The molecular formula is C27H26N2O2. The second-order valence-electron chi connectivity index (χ2n) is 7.77. The first-order chi connectivity index (χ1) is 15.1. The van der Waals surface area contributed by atoms with Crippen molar-refractivity contribution in [3.8, 4) is 22.4 Å². The molecule has 1 atom stereocenters. The van der Waals surface area contributed by atoms with E-state index < -0.39 is 6.10 Å². The van der Waals surface area contributed by atoms with Gasteiger partial charge in [-0.05, 0) is 36.6 Å². The Morgan fingerprint density at radius 3 is 2.23 bits per heavy atom. The Hall–Kier alpha value is -3.37. The minimum absolute atomic E-state index is 0.0940. The normalized spacial score (nSPS) is 12.1. The van der Waals surface area contributed by atoms with Crippen LogP contribution in [0, 0.1) is 0 Å². The van der Waals surface area contributed by atoms with Crippen LogP contribution in [0.15, 0.2) is 78.9 Å². The van der Waals surface area contributed by atoms with E-state index in [0.29, 0.717) is 19.3 Å². The number of aromatic nitrogens is 2. The van der Waals surface area contributed by atoms with Crippen LogP contribution in [0.4, 0.5) is 0 Å². The molecular weight excluding hydrogens is 384 g/mol. The fourth-order valence-corrected chi connectivity index (χ4v) is 3.67. The molecule has 1 N–H and O–H groups in total. The molecule has 2 aromatic carbocycles. The Morgan fingerprint density at radius 1 is 0.871 bits per heavy atom. The Labute approximate surface area is 182 Å². The van der Waals surface area contributed by atoms with E-state index in [1.165, 1.54) is 0 Å². The third kappa shape index (κ3) is 5.04. The van der Waals surface area contributed by atoms with E-state index in [1.54, 1.807) is 0 Å². The molecule has 0 radical (unpaired) electrons. The molecule has 0 fully saturated rings. The SMILES string of the molecule is CC[C@@H](O)CCC(=O)Cc1ccc2nc(-c3ccccc3)c(-c3ccccc3)cc2n1. The molecule has 0 amide bonds. The van der Waals surface area contributed by atoms with Crippen LogP contribution in [-0.4, -0.2) is 27.0 Å². The van der Waals surface area contributed by atoms with E-state index in [-0.39, 0.29) is 12.2 Å². The molecule has 4 aromatic rings. The van der Waals surface area contributed by atoms with Crippen LogP contribution in [-0.2, 0) is 11.2 Å². The number of benzene rings is 2. The van der Waals surface area contributed by atoms with E-state index >= 15 is 0 Å². The van der Waals surface area contributed by atoms with Gasteiger partial charge in [-0.25, -0.2) is 4.98 Å². The Kier molecular flexibility index (Phi) is 6.48. The number of hydrogen-bond acceptors (Lipinski definition) is 4. The maximum absolute atomic E-state index is 12.3. The highest BCUT2D eigenvalue weighted by Gasteiger charge is 2.14. The summed E-state index contributed by atoms with van der Waals surface area (Å²) >= 11 is 0. The van der Waals surface area contributed by atoms with Crippen LogP contribution >= 0.6 is 0 Å². The minimum atomic E-state index is -0.414. The Balaban J connectivity index is 1.70. The van der Waals surface area contributed by atoms with Crippen molar-refractivity contribution < 1.29 is 9.90 Å². The van der Waals surface area contributed by atoms with E-state index in [1.807, 2.05) is 55.5 Å². The van der Waals surface area contributed by atoms with Gasteiger partial charge in [-0.1, -0.05) is 67.6 Å². The summed E-state index contributed by atoms with van der Waals surface area (Å²) in [6.45, 7) is 1.92. The lowest BCUT2D eigenvalue weighted by atomic mass is 9.98. The van der Waals surface area contributed by atoms with Crippen molar-refractivity contribution in [2.45, 2.75) is 38.7 Å². The molecule has 2 heterocycles. The van der Waals surface area contributed by atoms with Crippen LogP contribution in [0.1, 0.15) is 31.9 Å². The van der Waals surface area contributed by atoms with Gasteiger partial charge in [0.25, 0.3) is 0 Å². The van der Waals surface area contributed by atoms with Crippen LogP contribution in [0.5, 0.6) is 0 Å². The maximum atomic E-state index is 12.3. The van der Waals surface area contributed by atoms with Gasteiger partial charge in [-0.2, -0.15) is 0 Å². The molecule has 4 rings (SSSR count). The second kappa shape index (κ2) is 9.63. The first-order valence-electron chi connectivity index (χ1n) is 10.8. The molecule has 0 unspecified atom stereocenters. The number of fused-ring (bicyclic) bond motifs is 1. The molecule has 0 aliphatic carbocycles. The highest BCUT2D eigenvalue weighted by atomic mass is 16.3. The third-order valence-electron chi connectivity index (χ3n) is 5.47. The number of carbonyl (C=O) groups excluding carboxylic acids is 1. The smallest absolute Gasteiger partial charge is 0.138 e. The van der Waals surface area contributed by atoms with Gasteiger partial charge < -0.3 is 5.11 Å². The largest absolute Gasteiger partial charge is 0.393 e. The molecule has 0 saturated carbocycles. The summed E-state index contributed by atoms with van der Waals surface area (Å²) in [5.74, 6) is 0.0940. The number of rotatable bonds is 8. The Morgan fingerprint density at radius 2 is 1.55 bits per heavy atom. The molecule has 31 heavy (non-hydrogen) atoms. The van der Waals surface area contributed by atoms with E-state index in [2.05, 4.69) is 30.3 Å². The number of Topliss-reactive ketones (excluding diaryl/α,β-unsaturated/α-hetero) is 1. The van der Waals surface area contributed by atoms with Crippen LogP contribution < -0.4 is 0 Å². The zero-order valence-electron chi connectivity index (χ0n) is 17.7. The van der Waals surface area contributed by atoms with Gasteiger partial charge in [0.1, 0.15) is 5.78 Å². The fraction of sp³-hybridized carbons (Fsp3) is 0.222. The first-order valence-corrected chi connectivity index (χ1v) is 10.8. The van der Waals surface area contributed by atoms with Gasteiger partial charge >= 0.3 is 0 Å². The first kappa shape index (κ1) is 20.9. The van der Waals surface area contributed by atoms with Crippen molar-refractivity contribution in [1.29, 1.82) is 0 Å². The number of carbonyl (C=O) groups is 1. The lowest BCUT2D eigenvalue weighted by molar-refractivity contribution is -0.119. The zero-order valence-corrected chi connectivity index (χ0v) is 17.7. The average Bonchev–Trinajstić information content (AvgIpc) is 2.82. The lowest BCUT2D eigenvalue weighted by Gasteiger charge is -2.12. The molecule has 0 aliphatic rings. The van der Waals surface area contributed by atoms with E-state index in [0.717, 1.165) is 39.1 Å². The van der Waals surface area contributed by atoms with Crippen LogP contribution in [0.2, 0.25) is 0 Å². The van der Waals surface area contributed by atoms with E-state index in [4.69, 9.17) is 9.97 Å². The summed E-state index contributed by atoms with van der Waals surface area (Å²) in [4.78, 5) is 22.0. The number of nitrogens with zero attached hydrogens (tertiary/aromatic N) is 2. The maximum Gasteiger partial charge on any atom is 0.138 e. The fourth-order valence-electron chi connectivity index (χ4n) is 3.67. The predicted molar refractivity (Wildman–Crippen MR) is 125 cm³/mol. The van der Waals surface area contributed by atoms with Gasteiger partial charge in [0.05, 0.1) is 22.8 Å². The number of ketones is 1. The summed E-state index contributed by atoms with van der Waals surface area (Å²) in [5, 5.41) is 9.70. The van der Waals surface area contributed by atoms with Gasteiger partial charge in [0, 0.05) is 29.7 Å². The quantitative estimate of drug-likeness (QED) is 0.409. The average molecular weight is 411 g/mol. The highest BCUT2D eigenvalue weighted by Crippen LogP contribution is 2.32. The molecule has 2 aromatic heterocycles. The molecule has 156 valence electrons. The van der Waals surface area contributed by atoms with Gasteiger partial charge in [-0.15, -0.1) is 0 Å². The van der Waals surface area contributed by atoms with Gasteiger partial charge in [0.2, 0.25) is 0 Å². The summed E-state index contributed by atoms with van der Waals surface area (Å²) in [6.07, 6.45) is 1.40. The van der Waals surface area contributed by atoms with Crippen molar-refractivity contribution in [3.05, 3.63) is 84.6 Å². The standard InChI is InChI=1S/C27H26N2O2/c1-2-22(30)14-15-23(31)17-21-13-16-25-26(28-21)18-24(19-9-5-3-6-10-19)27(29-25)20-11-7-4-8-12-20/h3-13,16,18,22,30H,2,14-15,17H2,1H3/t22-/m1/s1.